The molecule has 4 nitrogen and oxygen atoms in total. The predicted octanol–water partition coefficient (Wildman–Crippen LogP) is 2.94. The molecule has 0 spiro atoms. The topological polar surface area (TPSA) is 42.7 Å². The molecule has 2 aromatic rings. The Kier molecular flexibility index (Phi) is 4.55. The molecule has 2 rings (SSSR count). The molecule has 0 aliphatic heterocycles. The van der Waals surface area contributed by atoms with Crippen LogP contribution in [0.2, 0.25) is 0 Å². The zero-order chi connectivity index (χ0) is 14.7. The first-order valence-corrected chi connectivity index (χ1v) is 7.18. The fourth-order valence-electron chi connectivity index (χ4n) is 2.15. The summed E-state index contributed by atoms with van der Waals surface area (Å²) in [4.78, 5) is 4.42. The lowest BCUT2D eigenvalue weighted by atomic mass is 10.2. The van der Waals surface area contributed by atoms with E-state index < -0.39 is 0 Å². The largest absolute Gasteiger partial charge is 0.311 e. The lowest BCUT2D eigenvalue weighted by Crippen LogP contribution is -2.19. The van der Waals surface area contributed by atoms with Crippen molar-refractivity contribution < 1.29 is 0 Å². The van der Waals surface area contributed by atoms with Gasteiger partial charge in [-0.15, -0.1) is 0 Å². The van der Waals surface area contributed by atoms with E-state index in [1.165, 1.54) is 11.3 Å². The summed E-state index contributed by atoms with van der Waals surface area (Å²) in [6, 6.07) is 4.11. The van der Waals surface area contributed by atoms with Crippen LogP contribution in [0.4, 0.5) is 0 Å². The molecule has 108 valence electrons. The van der Waals surface area contributed by atoms with Crippen LogP contribution in [0.1, 0.15) is 36.5 Å². The molecule has 2 aromatic heterocycles. The van der Waals surface area contributed by atoms with Crippen molar-refractivity contribution in [1.29, 1.82) is 0 Å². The fraction of sp³-hybridized carbons (Fsp3) is 0.500. The molecule has 0 aliphatic carbocycles. The molecule has 0 amide bonds. The van der Waals surface area contributed by atoms with Gasteiger partial charge in [-0.1, -0.05) is 13.8 Å². The average Bonchev–Trinajstić information content (AvgIpc) is 2.66. The van der Waals surface area contributed by atoms with Crippen LogP contribution in [0.3, 0.4) is 0 Å². The van der Waals surface area contributed by atoms with Gasteiger partial charge in [-0.05, 0) is 50.9 Å². The molecule has 0 radical (unpaired) electrons. The normalized spacial score (nSPS) is 11.3. The van der Waals surface area contributed by atoms with Gasteiger partial charge in [0.05, 0.1) is 17.1 Å². The van der Waals surface area contributed by atoms with Crippen molar-refractivity contribution in [3.05, 3.63) is 41.0 Å². The molecular formula is C16H24N4. The Morgan fingerprint density at radius 3 is 2.60 bits per heavy atom. The van der Waals surface area contributed by atoms with E-state index in [4.69, 9.17) is 0 Å². The quantitative estimate of drug-likeness (QED) is 0.910. The van der Waals surface area contributed by atoms with Crippen LogP contribution in [0.25, 0.3) is 5.69 Å². The van der Waals surface area contributed by atoms with Crippen molar-refractivity contribution >= 4 is 0 Å². The van der Waals surface area contributed by atoms with E-state index in [-0.39, 0.29) is 0 Å². The number of nitrogens with one attached hydrogen (secondary N) is 1. The second kappa shape index (κ2) is 6.18. The van der Waals surface area contributed by atoms with Crippen LogP contribution in [-0.4, -0.2) is 21.3 Å². The van der Waals surface area contributed by atoms with Crippen LogP contribution in [0.15, 0.2) is 18.3 Å². The zero-order valence-electron chi connectivity index (χ0n) is 13.1. The number of nitrogens with zero attached hydrogens (tertiary/aromatic N) is 3. The summed E-state index contributed by atoms with van der Waals surface area (Å²) in [7, 11) is 0. The third-order valence-electron chi connectivity index (χ3n) is 3.56. The molecule has 0 saturated carbocycles. The first kappa shape index (κ1) is 14.7. The Balaban J connectivity index is 2.19. The minimum absolute atomic E-state index is 0.650. The molecule has 0 atom stereocenters. The summed E-state index contributed by atoms with van der Waals surface area (Å²) < 4.78 is 2.00. The number of pyridine rings is 1. The molecule has 0 aliphatic rings. The van der Waals surface area contributed by atoms with Gasteiger partial charge in [0.25, 0.3) is 0 Å². The van der Waals surface area contributed by atoms with E-state index in [1.807, 2.05) is 23.9 Å². The van der Waals surface area contributed by atoms with Gasteiger partial charge in [0, 0.05) is 18.4 Å². The number of hydrogen-bond donors (Lipinski definition) is 1. The summed E-state index contributed by atoms with van der Waals surface area (Å²) in [6.45, 7) is 12.5. The molecule has 0 fully saturated rings. The highest BCUT2D eigenvalue weighted by atomic mass is 15.3. The summed E-state index contributed by atoms with van der Waals surface area (Å²) >= 11 is 0. The lowest BCUT2D eigenvalue weighted by Gasteiger charge is -2.09. The first-order valence-electron chi connectivity index (χ1n) is 7.18. The summed E-state index contributed by atoms with van der Waals surface area (Å²) in [6.07, 6.45) is 1.85. The standard InChI is InChI=1S/C16H24N4/c1-11(2)9-17-10-15-8-16(6-7-18-15)20-14(5)12(3)13(4)19-20/h6-8,11,17H,9-10H2,1-5H3. The number of hydrogen-bond acceptors (Lipinski definition) is 3. The number of aryl methyl sites for hydroxylation is 1. The van der Waals surface area contributed by atoms with E-state index in [1.54, 1.807) is 0 Å². The monoisotopic (exact) mass is 272 g/mol. The van der Waals surface area contributed by atoms with E-state index in [2.05, 4.69) is 49.2 Å². The van der Waals surface area contributed by atoms with Gasteiger partial charge in [0.1, 0.15) is 0 Å². The van der Waals surface area contributed by atoms with Gasteiger partial charge in [0.15, 0.2) is 0 Å². The van der Waals surface area contributed by atoms with E-state index in [9.17, 15) is 0 Å². The van der Waals surface area contributed by atoms with Gasteiger partial charge >= 0.3 is 0 Å². The Morgan fingerprint density at radius 2 is 2.00 bits per heavy atom. The maximum absolute atomic E-state index is 4.60. The van der Waals surface area contributed by atoms with Crippen molar-refractivity contribution in [2.75, 3.05) is 6.54 Å². The van der Waals surface area contributed by atoms with Gasteiger partial charge in [0.2, 0.25) is 0 Å². The molecule has 0 bridgehead atoms. The van der Waals surface area contributed by atoms with Crippen molar-refractivity contribution in [2.24, 2.45) is 5.92 Å². The highest BCUT2D eigenvalue weighted by molar-refractivity contribution is 5.36. The second-order valence-electron chi connectivity index (χ2n) is 5.74. The second-order valence-corrected chi connectivity index (χ2v) is 5.74. The first-order chi connectivity index (χ1) is 9.49. The SMILES string of the molecule is Cc1nn(-c2ccnc(CNCC(C)C)c2)c(C)c1C. The molecule has 1 N–H and O–H groups in total. The Hall–Kier alpha value is -1.68. The zero-order valence-corrected chi connectivity index (χ0v) is 13.1. The van der Waals surface area contributed by atoms with E-state index >= 15 is 0 Å². The Labute approximate surface area is 121 Å². The summed E-state index contributed by atoms with van der Waals surface area (Å²) in [5.41, 5.74) is 5.65. The van der Waals surface area contributed by atoms with Gasteiger partial charge in [-0.25, -0.2) is 4.68 Å². The van der Waals surface area contributed by atoms with Crippen LogP contribution in [0, 0.1) is 26.7 Å². The Bertz CT molecular complexity index is 584. The van der Waals surface area contributed by atoms with Crippen LogP contribution in [0.5, 0.6) is 0 Å². The van der Waals surface area contributed by atoms with Crippen molar-refractivity contribution in [3.8, 4) is 5.69 Å². The smallest absolute Gasteiger partial charge is 0.0682 e. The van der Waals surface area contributed by atoms with Crippen LogP contribution >= 0.6 is 0 Å². The lowest BCUT2D eigenvalue weighted by molar-refractivity contribution is 0.548. The average molecular weight is 272 g/mol. The molecule has 0 unspecified atom stereocenters. The fourth-order valence-corrected chi connectivity index (χ4v) is 2.15. The maximum Gasteiger partial charge on any atom is 0.0682 e. The van der Waals surface area contributed by atoms with Crippen LogP contribution < -0.4 is 5.32 Å². The van der Waals surface area contributed by atoms with Gasteiger partial charge in [-0.3, -0.25) is 4.98 Å². The molecule has 0 saturated heterocycles. The number of aromatic nitrogens is 3. The van der Waals surface area contributed by atoms with Crippen molar-refractivity contribution in [2.45, 2.75) is 41.2 Å². The highest BCUT2D eigenvalue weighted by Gasteiger charge is 2.09. The minimum Gasteiger partial charge on any atom is -0.311 e. The van der Waals surface area contributed by atoms with Crippen LogP contribution in [-0.2, 0) is 6.54 Å². The Morgan fingerprint density at radius 1 is 1.25 bits per heavy atom. The van der Waals surface area contributed by atoms with E-state index in [0.29, 0.717) is 5.92 Å². The van der Waals surface area contributed by atoms with E-state index in [0.717, 1.165) is 30.2 Å². The van der Waals surface area contributed by atoms with Gasteiger partial charge < -0.3 is 5.32 Å². The molecule has 0 aromatic carbocycles. The third kappa shape index (κ3) is 3.25. The predicted molar refractivity (Wildman–Crippen MR) is 82.1 cm³/mol. The van der Waals surface area contributed by atoms with Crippen molar-refractivity contribution in [1.82, 2.24) is 20.1 Å². The maximum atomic E-state index is 4.60. The number of rotatable bonds is 5. The third-order valence-corrected chi connectivity index (χ3v) is 3.56. The molecule has 2 heterocycles. The molecule has 4 heteroatoms. The van der Waals surface area contributed by atoms with Crippen molar-refractivity contribution in [3.63, 3.8) is 0 Å². The minimum atomic E-state index is 0.650. The summed E-state index contributed by atoms with van der Waals surface area (Å²) in [5.74, 6) is 0.650. The molecule has 20 heavy (non-hydrogen) atoms. The molecular weight excluding hydrogens is 248 g/mol. The van der Waals surface area contributed by atoms with Gasteiger partial charge in [-0.2, -0.15) is 5.10 Å². The summed E-state index contributed by atoms with van der Waals surface area (Å²) in [5, 5.41) is 8.02. The highest BCUT2D eigenvalue weighted by Crippen LogP contribution is 2.16.